The van der Waals surface area contributed by atoms with Crippen LogP contribution in [0.1, 0.15) is 49.7 Å². The lowest BCUT2D eigenvalue weighted by atomic mass is 9.88. The third-order valence-corrected chi connectivity index (χ3v) is 7.71. The highest BCUT2D eigenvalue weighted by molar-refractivity contribution is 6.07. The molecule has 1 aromatic carbocycles. The molecule has 0 bridgehead atoms. The van der Waals surface area contributed by atoms with E-state index in [4.69, 9.17) is 9.72 Å². The van der Waals surface area contributed by atoms with Crippen molar-refractivity contribution in [3.8, 4) is 11.3 Å². The zero-order valence-electron chi connectivity index (χ0n) is 22.3. The standard InChI is InChI=1S/C29H30F2N6O2/c1-16-27(36(4)35-34-16)18-12-24-25(33-15-18)19-13-22(31)20(29(2,3)38)14-23(19)37(24)28(17-7-10-39-11-8-17)26-21(30)6-5-9-32-26/h5-6,9,12-15,17,28,38H,7-8,10-11H2,1-4H3. The normalized spacial score (nSPS) is 15.9. The molecular weight excluding hydrogens is 502 g/mol. The molecule has 0 spiro atoms. The van der Waals surface area contributed by atoms with Gasteiger partial charge < -0.3 is 14.4 Å². The number of fused-ring (bicyclic) bond motifs is 3. The van der Waals surface area contributed by atoms with E-state index in [2.05, 4.69) is 15.3 Å². The SMILES string of the molecule is Cc1nnn(C)c1-c1cnc2c3cc(F)c(C(C)(C)O)cc3n(C(c3ncccc3F)C3CCOCC3)c2c1. The first-order valence-electron chi connectivity index (χ1n) is 13.1. The monoisotopic (exact) mass is 532 g/mol. The van der Waals surface area contributed by atoms with Gasteiger partial charge in [0.2, 0.25) is 0 Å². The molecule has 39 heavy (non-hydrogen) atoms. The molecule has 0 saturated carbocycles. The van der Waals surface area contributed by atoms with Gasteiger partial charge in [-0.1, -0.05) is 5.21 Å². The zero-order valence-corrected chi connectivity index (χ0v) is 22.3. The molecule has 0 aliphatic carbocycles. The summed E-state index contributed by atoms with van der Waals surface area (Å²) in [6.45, 7) is 6.08. The Morgan fingerprint density at radius 3 is 2.51 bits per heavy atom. The fraction of sp³-hybridized carbons (Fsp3) is 0.379. The summed E-state index contributed by atoms with van der Waals surface area (Å²) in [7, 11) is 1.81. The molecule has 5 aromatic rings. The second kappa shape index (κ2) is 9.46. The summed E-state index contributed by atoms with van der Waals surface area (Å²) in [5.41, 5.74) is 3.29. The fourth-order valence-electron chi connectivity index (χ4n) is 5.88. The molecule has 0 radical (unpaired) electrons. The Kier molecular flexibility index (Phi) is 6.19. The van der Waals surface area contributed by atoms with E-state index in [1.165, 1.54) is 12.1 Å². The van der Waals surface area contributed by atoms with Crippen LogP contribution in [-0.4, -0.2) is 47.8 Å². The maximum atomic E-state index is 15.5. The summed E-state index contributed by atoms with van der Waals surface area (Å²) in [6, 6.07) is 7.53. The Labute approximate surface area is 224 Å². The summed E-state index contributed by atoms with van der Waals surface area (Å²) in [6.07, 6.45) is 4.73. The molecule has 1 aliphatic heterocycles. The van der Waals surface area contributed by atoms with Crippen LogP contribution < -0.4 is 0 Å². The fourth-order valence-corrected chi connectivity index (χ4v) is 5.88. The van der Waals surface area contributed by atoms with Gasteiger partial charge in [-0.15, -0.1) is 5.10 Å². The Bertz CT molecular complexity index is 1680. The predicted molar refractivity (Wildman–Crippen MR) is 143 cm³/mol. The lowest BCUT2D eigenvalue weighted by Crippen LogP contribution is -2.28. The lowest BCUT2D eigenvalue weighted by molar-refractivity contribution is 0.0542. The van der Waals surface area contributed by atoms with E-state index in [-0.39, 0.29) is 11.5 Å². The Morgan fingerprint density at radius 2 is 1.85 bits per heavy atom. The van der Waals surface area contributed by atoms with Gasteiger partial charge in [0, 0.05) is 49.2 Å². The molecule has 0 amide bonds. The molecule has 202 valence electrons. The van der Waals surface area contributed by atoms with Crippen molar-refractivity contribution in [3.63, 3.8) is 0 Å². The molecule has 1 atom stereocenters. The van der Waals surface area contributed by atoms with Gasteiger partial charge >= 0.3 is 0 Å². The minimum atomic E-state index is -1.43. The van der Waals surface area contributed by atoms with Crippen LogP contribution in [0.5, 0.6) is 0 Å². The van der Waals surface area contributed by atoms with Crippen molar-refractivity contribution in [3.05, 3.63) is 71.3 Å². The van der Waals surface area contributed by atoms with Crippen LogP contribution in [0.4, 0.5) is 8.78 Å². The zero-order chi connectivity index (χ0) is 27.5. The Balaban J connectivity index is 1.73. The summed E-state index contributed by atoms with van der Waals surface area (Å²) < 4.78 is 40.2. The Morgan fingerprint density at radius 1 is 1.08 bits per heavy atom. The summed E-state index contributed by atoms with van der Waals surface area (Å²) in [5.74, 6) is -0.941. The van der Waals surface area contributed by atoms with Crippen molar-refractivity contribution in [2.75, 3.05) is 13.2 Å². The number of benzene rings is 1. The summed E-state index contributed by atoms with van der Waals surface area (Å²) >= 11 is 0. The van der Waals surface area contributed by atoms with Gasteiger partial charge in [0.25, 0.3) is 0 Å². The number of aromatic nitrogens is 6. The number of hydrogen-bond donors (Lipinski definition) is 1. The summed E-state index contributed by atoms with van der Waals surface area (Å²) in [5, 5.41) is 19.7. The maximum absolute atomic E-state index is 15.5. The van der Waals surface area contributed by atoms with E-state index < -0.39 is 23.3 Å². The van der Waals surface area contributed by atoms with E-state index in [1.807, 2.05) is 24.6 Å². The van der Waals surface area contributed by atoms with Crippen molar-refractivity contribution in [2.45, 2.75) is 45.3 Å². The molecule has 1 saturated heterocycles. The minimum absolute atomic E-state index is 0.00125. The number of hydrogen-bond acceptors (Lipinski definition) is 6. The largest absolute Gasteiger partial charge is 0.386 e. The first kappa shape index (κ1) is 25.5. The minimum Gasteiger partial charge on any atom is -0.386 e. The highest BCUT2D eigenvalue weighted by Gasteiger charge is 2.34. The number of aryl methyl sites for hydroxylation is 2. The summed E-state index contributed by atoms with van der Waals surface area (Å²) in [4.78, 5) is 9.30. The topological polar surface area (TPSA) is 90.9 Å². The first-order chi connectivity index (χ1) is 18.6. The number of halogens is 2. The quantitative estimate of drug-likeness (QED) is 0.334. The van der Waals surface area contributed by atoms with E-state index in [0.717, 1.165) is 17.0 Å². The van der Waals surface area contributed by atoms with E-state index in [1.54, 1.807) is 43.1 Å². The molecule has 1 fully saturated rings. The van der Waals surface area contributed by atoms with Crippen LogP contribution in [-0.2, 0) is 17.4 Å². The molecule has 10 heteroatoms. The smallest absolute Gasteiger partial charge is 0.146 e. The molecule has 1 aliphatic rings. The average molecular weight is 533 g/mol. The highest BCUT2D eigenvalue weighted by Crippen LogP contribution is 2.42. The van der Waals surface area contributed by atoms with Crippen molar-refractivity contribution in [1.29, 1.82) is 0 Å². The van der Waals surface area contributed by atoms with E-state index in [0.29, 0.717) is 53.7 Å². The van der Waals surface area contributed by atoms with Gasteiger partial charge in [0.15, 0.2) is 0 Å². The number of aliphatic hydroxyl groups is 1. The number of rotatable bonds is 5. The van der Waals surface area contributed by atoms with Crippen LogP contribution in [0.15, 0.2) is 42.7 Å². The van der Waals surface area contributed by atoms with Crippen LogP contribution in [0, 0.1) is 24.5 Å². The van der Waals surface area contributed by atoms with Crippen LogP contribution >= 0.6 is 0 Å². The van der Waals surface area contributed by atoms with Crippen molar-refractivity contribution < 1.29 is 18.6 Å². The maximum Gasteiger partial charge on any atom is 0.146 e. The van der Waals surface area contributed by atoms with E-state index >= 15 is 8.78 Å². The average Bonchev–Trinajstić information content (AvgIpc) is 3.40. The number of ether oxygens (including phenoxy) is 1. The van der Waals surface area contributed by atoms with E-state index in [9.17, 15) is 5.11 Å². The van der Waals surface area contributed by atoms with Crippen LogP contribution in [0.3, 0.4) is 0 Å². The van der Waals surface area contributed by atoms with Gasteiger partial charge in [-0.2, -0.15) is 0 Å². The third kappa shape index (κ3) is 4.28. The third-order valence-electron chi connectivity index (χ3n) is 7.71. The van der Waals surface area contributed by atoms with Crippen LogP contribution in [0.2, 0.25) is 0 Å². The second-order valence-electron chi connectivity index (χ2n) is 10.8. The number of nitrogens with zero attached hydrogens (tertiary/aromatic N) is 6. The van der Waals surface area contributed by atoms with Crippen molar-refractivity contribution in [2.24, 2.45) is 13.0 Å². The second-order valence-corrected chi connectivity index (χ2v) is 10.8. The number of pyridine rings is 2. The van der Waals surface area contributed by atoms with Crippen molar-refractivity contribution in [1.82, 2.24) is 29.5 Å². The molecular formula is C29H30F2N6O2. The Hall–Kier alpha value is -3.76. The highest BCUT2D eigenvalue weighted by atomic mass is 19.1. The molecule has 4 aromatic heterocycles. The van der Waals surface area contributed by atoms with Gasteiger partial charge in [-0.05, 0) is 69.9 Å². The molecule has 1 N–H and O–H groups in total. The van der Waals surface area contributed by atoms with Crippen LogP contribution in [0.25, 0.3) is 33.2 Å². The first-order valence-corrected chi connectivity index (χ1v) is 13.1. The van der Waals surface area contributed by atoms with Gasteiger partial charge in [-0.3, -0.25) is 9.97 Å². The van der Waals surface area contributed by atoms with Crippen molar-refractivity contribution >= 4 is 21.9 Å². The molecule has 8 nitrogen and oxygen atoms in total. The molecule has 1 unspecified atom stereocenters. The van der Waals surface area contributed by atoms with Gasteiger partial charge in [-0.25, -0.2) is 13.5 Å². The van der Waals surface area contributed by atoms with Gasteiger partial charge in [0.05, 0.1) is 45.3 Å². The predicted octanol–water partition coefficient (Wildman–Crippen LogP) is 5.21. The molecule has 6 rings (SSSR count). The van der Waals surface area contributed by atoms with Gasteiger partial charge in [0.1, 0.15) is 11.6 Å². The molecule has 5 heterocycles. The lowest BCUT2D eigenvalue weighted by Gasteiger charge is -2.32.